The molecule has 5 nitrogen and oxygen atoms in total. The van der Waals surface area contributed by atoms with Crippen molar-refractivity contribution >= 4 is 11.8 Å². The SMILES string of the molecule is CN=C(NCC1CCC(C)CC1)N1CCN(c2ccccn2)CC1. The predicted octanol–water partition coefficient (Wildman–Crippen LogP) is 2.61. The third-order valence-electron chi connectivity index (χ3n) is 5.45. The van der Waals surface area contributed by atoms with E-state index in [1.54, 1.807) is 0 Å². The zero-order valence-electron chi connectivity index (χ0n) is 15.1. The van der Waals surface area contributed by atoms with Crippen molar-refractivity contribution in [3.8, 4) is 0 Å². The molecular weight excluding hydrogens is 298 g/mol. The Kier molecular flexibility index (Phi) is 5.94. The quantitative estimate of drug-likeness (QED) is 0.684. The predicted molar refractivity (Wildman–Crippen MR) is 101 cm³/mol. The molecular formula is C19H31N5. The largest absolute Gasteiger partial charge is 0.356 e. The van der Waals surface area contributed by atoms with Crippen LogP contribution in [0.15, 0.2) is 29.4 Å². The van der Waals surface area contributed by atoms with Crippen molar-refractivity contribution in [2.75, 3.05) is 44.7 Å². The van der Waals surface area contributed by atoms with E-state index in [2.05, 4.69) is 44.1 Å². The first-order valence-electron chi connectivity index (χ1n) is 9.38. The fourth-order valence-electron chi connectivity index (χ4n) is 3.79. The summed E-state index contributed by atoms with van der Waals surface area (Å²) >= 11 is 0. The van der Waals surface area contributed by atoms with Crippen molar-refractivity contribution in [3.63, 3.8) is 0 Å². The van der Waals surface area contributed by atoms with Crippen molar-refractivity contribution < 1.29 is 0 Å². The number of aliphatic imine (C=N–C) groups is 1. The molecule has 1 aliphatic heterocycles. The number of nitrogens with one attached hydrogen (secondary N) is 1. The fraction of sp³-hybridized carbons (Fsp3) is 0.684. The number of rotatable bonds is 3. The lowest BCUT2D eigenvalue weighted by atomic mass is 9.83. The summed E-state index contributed by atoms with van der Waals surface area (Å²) in [5, 5.41) is 3.62. The summed E-state index contributed by atoms with van der Waals surface area (Å²) in [7, 11) is 1.90. The summed E-state index contributed by atoms with van der Waals surface area (Å²) < 4.78 is 0. The molecule has 1 saturated carbocycles. The first-order valence-corrected chi connectivity index (χ1v) is 9.38. The van der Waals surface area contributed by atoms with Gasteiger partial charge in [-0.15, -0.1) is 0 Å². The lowest BCUT2D eigenvalue weighted by molar-refractivity contribution is 0.285. The molecule has 24 heavy (non-hydrogen) atoms. The van der Waals surface area contributed by atoms with Gasteiger partial charge in [0.05, 0.1) is 0 Å². The van der Waals surface area contributed by atoms with Gasteiger partial charge in [0, 0.05) is 46.0 Å². The number of guanidine groups is 1. The lowest BCUT2D eigenvalue weighted by Gasteiger charge is -2.37. The molecule has 132 valence electrons. The van der Waals surface area contributed by atoms with E-state index in [4.69, 9.17) is 0 Å². The van der Waals surface area contributed by atoms with Crippen LogP contribution in [0.25, 0.3) is 0 Å². The van der Waals surface area contributed by atoms with Gasteiger partial charge in [0.1, 0.15) is 5.82 Å². The summed E-state index contributed by atoms with van der Waals surface area (Å²) in [4.78, 5) is 13.7. The zero-order valence-corrected chi connectivity index (χ0v) is 15.1. The summed E-state index contributed by atoms with van der Waals surface area (Å²) in [6.07, 6.45) is 7.35. The number of nitrogens with zero attached hydrogens (tertiary/aromatic N) is 4. The van der Waals surface area contributed by atoms with Gasteiger partial charge in [-0.25, -0.2) is 4.98 Å². The highest BCUT2D eigenvalue weighted by molar-refractivity contribution is 5.80. The Hall–Kier alpha value is -1.78. The Bertz CT molecular complexity index is 514. The summed E-state index contributed by atoms with van der Waals surface area (Å²) in [5.74, 6) is 3.87. The highest BCUT2D eigenvalue weighted by Gasteiger charge is 2.22. The molecule has 0 spiro atoms. The summed E-state index contributed by atoms with van der Waals surface area (Å²) in [6, 6.07) is 6.12. The maximum atomic E-state index is 4.51. The van der Waals surface area contributed by atoms with Crippen LogP contribution in [0.1, 0.15) is 32.6 Å². The molecule has 2 fully saturated rings. The Morgan fingerprint density at radius 2 is 1.92 bits per heavy atom. The molecule has 1 saturated heterocycles. The molecule has 0 unspecified atom stereocenters. The van der Waals surface area contributed by atoms with Gasteiger partial charge in [-0.1, -0.05) is 25.8 Å². The third kappa shape index (κ3) is 4.40. The van der Waals surface area contributed by atoms with E-state index >= 15 is 0 Å². The molecule has 2 aliphatic rings. The van der Waals surface area contributed by atoms with Crippen LogP contribution in [0.4, 0.5) is 5.82 Å². The van der Waals surface area contributed by atoms with Crippen molar-refractivity contribution in [1.82, 2.24) is 15.2 Å². The van der Waals surface area contributed by atoms with Gasteiger partial charge in [0.2, 0.25) is 0 Å². The van der Waals surface area contributed by atoms with E-state index in [0.717, 1.165) is 56.3 Å². The van der Waals surface area contributed by atoms with Gasteiger partial charge in [0.25, 0.3) is 0 Å². The molecule has 0 atom stereocenters. The maximum Gasteiger partial charge on any atom is 0.193 e. The van der Waals surface area contributed by atoms with Crippen LogP contribution < -0.4 is 10.2 Å². The van der Waals surface area contributed by atoms with E-state index in [-0.39, 0.29) is 0 Å². The van der Waals surface area contributed by atoms with E-state index in [1.807, 2.05) is 19.3 Å². The van der Waals surface area contributed by atoms with Crippen LogP contribution in [0.2, 0.25) is 0 Å². The van der Waals surface area contributed by atoms with Gasteiger partial charge >= 0.3 is 0 Å². The van der Waals surface area contributed by atoms with Crippen LogP contribution in [0.3, 0.4) is 0 Å². The fourth-order valence-corrected chi connectivity index (χ4v) is 3.79. The second-order valence-electron chi connectivity index (χ2n) is 7.22. The summed E-state index contributed by atoms with van der Waals surface area (Å²) in [6.45, 7) is 7.44. The van der Waals surface area contributed by atoms with Crippen LogP contribution in [-0.4, -0.2) is 55.6 Å². The molecule has 2 heterocycles. The normalized spacial score (nSPS) is 25.7. The maximum absolute atomic E-state index is 4.51. The molecule has 5 heteroatoms. The number of hydrogen-bond acceptors (Lipinski definition) is 3. The molecule has 1 N–H and O–H groups in total. The lowest BCUT2D eigenvalue weighted by Crippen LogP contribution is -2.53. The number of anilines is 1. The first-order chi connectivity index (χ1) is 11.8. The second kappa shape index (κ2) is 8.36. The standard InChI is InChI=1S/C19H31N5/c1-16-6-8-17(9-7-16)15-22-19(20-2)24-13-11-23(12-14-24)18-5-3-4-10-21-18/h3-5,10,16-17H,6-9,11-15H2,1-2H3,(H,20,22). The topological polar surface area (TPSA) is 43.8 Å². The first kappa shape index (κ1) is 17.1. The zero-order chi connectivity index (χ0) is 16.8. The van der Waals surface area contributed by atoms with Gasteiger partial charge in [-0.3, -0.25) is 4.99 Å². The van der Waals surface area contributed by atoms with Gasteiger partial charge < -0.3 is 15.1 Å². The minimum atomic E-state index is 0.813. The van der Waals surface area contributed by atoms with Crippen LogP contribution in [-0.2, 0) is 0 Å². The number of aromatic nitrogens is 1. The van der Waals surface area contributed by atoms with Gasteiger partial charge in [0.15, 0.2) is 5.96 Å². The molecule has 0 aromatic carbocycles. The van der Waals surface area contributed by atoms with E-state index in [1.165, 1.54) is 25.7 Å². The monoisotopic (exact) mass is 329 g/mol. The number of piperazine rings is 1. The Labute approximate surface area is 146 Å². The van der Waals surface area contributed by atoms with E-state index in [9.17, 15) is 0 Å². The molecule has 0 bridgehead atoms. The van der Waals surface area contributed by atoms with Crippen molar-refractivity contribution in [3.05, 3.63) is 24.4 Å². The molecule has 1 aromatic heterocycles. The average Bonchev–Trinajstić information content (AvgIpc) is 2.65. The van der Waals surface area contributed by atoms with Crippen molar-refractivity contribution in [1.29, 1.82) is 0 Å². The third-order valence-corrected chi connectivity index (χ3v) is 5.45. The highest BCUT2D eigenvalue weighted by Crippen LogP contribution is 2.27. The smallest absolute Gasteiger partial charge is 0.193 e. The Morgan fingerprint density at radius 1 is 1.17 bits per heavy atom. The molecule has 1 aromatic rings. The van der Waals surface area contributed by atoms with Gasteiger partial charge in [-0.05, 0) is 36.8 Å². The van der Waals surface area contributed by atoms with Crippen molar-refractivity contribution in [2.24, 2.45) is 16.8 Å². The number of pyridine rings is 1. The second-order valence-corrected chi connectivity index (χ2v) is 7.22. The van der Waals surface area contributed by atoms with Crippen LogP contribution >= 0.6 is 0 Å². The molecule has 0 amide bonds. The average molecular weight is 329 g/mol. The molecule has 1 aliphatic carbocycles. The highest BCUT2D eigenvalue weighted by atomic mass is 15.4. The Morgan fingerprint density at radius 3 is 2.54 bits per heavy atom. The minimum Gasteiger partial charge on any atom is -0.356 e. The van der Waals surface area contributed by atoms with Crippen LogP contribution in [0, 0.1) is 11.8 Å². The Balaban J connectivity index is 1.45. The number of hydrogen-bond donors (Lipinski definition) is 1. The minimum absolute atomic E-state index is 0.813. The summed E-state index contributed by atoms with van der Waals surface area (Å²) in [5.41, 5.74) is 0. The van der Waals surface area contributed by atoms with Gasteiger partial charge in [-0.2, -0.15) is 0 Å². The van der Waals surface area contributed by atoms with Crippen LogP contribution in [0.5, 0.6) is 0 Å². The van der Waals surface area contributed by atoms with Crippen molar-refractivity contribution in [2.45, 2.75) is 32.6 Å². The van der Waals surface area contributed by atoms with E-state index in [0.29, 0.717) is 0 Å². The van der Waals surface area contributed by atoms with E-state index < -0.39 is 0 Å². The molecule has 3 rings (SSSR count). The molecule has 0 radical (unpaired) electrons.